The van der Waals surface area contributed by atoms with Gasteiger partial charge in [0, 0.05) is 23.2 Å². The van der Waals surface area contributed by atoms with Crippen LogP contribution in [0.2, 0.25) is 0 Å². The fraction of sp³-hybridized carbons (Fsp3) is 0.312. The van der Waals surface area contributed by atoms with Crippen molar-refractivity contribution in [1.29, 1.82) is 10.5 Å². The summed E-state index contributed by atoms with van der Waals surface area (Å²) in [6, 6.07) is 8.77. The average Bonchev–Trinajstić information content (AvgIpc) is 2.85. The predicted octanol–water partition coefficient (Wildman–Crippen LogP) is 3.62. The van der Waals surface area contributed by atoms with Crippen LogP contribution in [0.4, 0.5) is 4.39 Å². The monoisotopic (exact) mass is 315 g/mol. The molecule has 0 saturated carbocycles. The van der Waals surface area contributed by atoms with E-state index in [1.165, 1.54) is 22.3 Å². The first-order valence-electron chi connectivity index (χ1n) is 6.81. The number of nitriles is 2. The number of halogens is 1. The van der Waals surface area contributed by atoms with Crippen LogP contribution in [0.15, 0.2) is 18.2 Å². The molecule has 1 amide bonds. The first-order chi connectivity index (χ1) is 10.6. The van der Waals surface area contributed by atoms with E-state index in [2.05, 4.69) is 0 Å². The molecule has 1 aromatic heterocycles. The van der Waals surface area contributed by atoms with Gasteiger partial charge in [-0.15, -0.1) is 11.3 Å². The first-order valence-corrected chi connectivity index (χ1v) is 7.62. The van der Waals surface area contributed by atoms with Crippen LogP contribution >= 0.6 is 11.3 Å². The van der Waals surface area contributed by atoms with E-state index in [0.717, 1.165) is 4.70 Å². The van der Waals surface area contributed by atoms with E-state index in [1.807, 2.05) is 12.1 Å². The minimum Gasteiger partial charge on any atom is -0.336 e. The third-order valence-corrected chi connectivity index (χ3v) is 4.62. The summed E-state index contributed by atoms with van der Waals surface area (Å²) in [6.45, 7) is 2.27. The molecule has 1 heterocycles. The van der Waals surface area contributed by atoms with Crippen molar-refractivity contribution in [3.63, 3.8) is 0 Å². The smallest absolute Gasteiger partial charge is 0.264 e. The number of benzene rings is 1. The van der Waals surface area contributed by atoms with Crippen molar-refractivity contribution in [1.82, 2.24) is 4.90 Å². The Labute approximate surface area is 132 Å². The van der Waals surface area contributed by atoms with Gasteiger partial charge in [0.2, 0.25) is 0 Å². The summed E-state index contributed by atoms with van der Waals surface area (Å²) >= 11 is 1.24. The van der Waals surface area contributed by atoms with E-state index in [1.54, 1.807) is 19.1 Å². The lowest BCUT2D eigenvalue weighted by Crippen LogP contribution is -2.32. The number of fused-ring (bicyclic) bond motifs is 1. The van der Waals surface area contributed by atoms with Crippen LogP contribution in [0.25, 0.3) is 10.1 Å². The average molecular weight is 315 g/mol. The number of carbonyl (C=O) groups is 1. The Kier molecular flexibility index (Phi) is 5.08. The molecule has 2 rings (SSSR count). The van der Waals surface area contributed by atoms with Crippen molar-refractivity contribution in [3.05, 3.63) is 34.5 Å². The zero-order valence-corrected chi connectivity index (χ0v) is 12.9. The first kappa shape index (κ1) is 15.9. The van der Waals surface area contributed by atoms with Crippen LogP contribution in [0.3, 0.4) is 0 Å². The SMILES string of the molecule is Cc1c(C(=O)N(CCC#N)CCC#N)sc2cccc(F)c12. The van der Waals surface area contributed by atoms with Gasteiger partial charge in [0.25, 0.3) is 5.91 Å². The minimum absolute atomic E-state index is 0.204. The molecule has 0 spiro atoms. The Balaban J connectivity index is 2.38. The van der Waals surface area contributed by atoms with Crippen molar-refractivity contribution < 1.29 is 9.18 Å². The molecule has 4 nitrogen and oxygen atoms in total. The second-order valence-electron chi connectivity index (χ2n) is 4.78. The molecule has 0 aliphatic heterocycles. The fourth-order valence-electron chi connectivity index (χ4n) is 2.29. The van der Waals surface area contributed by atoms with E-state index in [9.17, 15) is 9.18 Å². The van der Waals surface area contributed by atoms with Crippen molar-refractivity contribution in [3.8, 4) is 12.1 Å². The summed E-state index contributed by atoms with van der Waals surface area (Å²) < 4.78 is 14.6. The zero-order valence-electron chi connectivity index (χ0n) is 12.1. The lowest BCUT2D eigenvalue weighted by molar-refractivity contribution is 0.0767. The van der Waals surface area contributed by atoms with Gasteiger partial charge in [-0.05, 0) is 24.6 Å². The van der Waals surface area contributed by atoms with Gasteiger partial charge >= 0.3 is 0 Å². The molecular formula is C16H14FN3OS. The maximum Gasteiger partial charge on any atom is 0.264 e. The molecule has 0 atom stereocenters. The number of nitrogens with zero attached hydrogens (tertiary/aromatic N) is 3. The quantitative estimate of drug-likeness (QED) is 0.846. The van der Waals surface area contributed by atoms with Crippen molar-refractivity contribution in [2.45, 2.75) is 19.8 Å². The van der Waals surface area contributed by atoms with Gasteiger partial charge in [0.15, 0.2) is 0 Å². The van der Waals surface area contributed by atoms with Crippen LogP contribution in [0.5, 0.6) is 0 Å². The maximum absolute atomic E-state index is 13.9. The molecular weight excluding hydrogens is 301 g/mol. The van der Waals surface area contributed by atoms with Crippen molar-refractivity contribution in [2.75, 3.05) is 13.1 Å². The molecule has 0 fully saturated rings. The van der Waals surface area contributed by atoms with Gasteiger partial charge in [-0.3, -0.25) is 4.79 Å². The van der Waals surface area contributed by atoms with Gasteiger partial charge in [0.05, 0.1) is 29.9 Å². The van der Waals surface area contributed by atoms with Gasteiger partial charge < -0.3 is 4.90 Å². The Morgan fingerprint density at radius 3 is 2.45 bits per heavy atom. The van der Waals surface area contributed by atoms with E-state index < -0.39 is 0 Å². The lowest BCUT2D eigenvalue weighted by atomic mass is 10.1. The number of rotatable bonds is 5. The molecule has 0 aliphatic rings. The molecule has 6 heteroatoms. The largest absolute Gasteiger partial charge is 0.336 e. The summed E-state index contributed by atoms with van der Waals surface area (Å²) in [6.07, 6.45) is 0.408. The molecule has 0 saturated heterocycles. The Morgan fingerprint density at radius 2 is 1.91 bits per heavy atom. The van der Waals surface area contributed by atoms with Crippen LogP contribution in [-0.2, 0) is 0 Å². The van der Waals surface area contributed by atoms with Gasteiger partial charge in [-0.2, -0.15) is 10.5 Å². The van der Waals surface area contributed by atoms with Gasteiger partial charge in [-0.1, -0.05) is 6.07 Å². The van der Waals surface area contributed by atoms with E-state index in [4.69, 9.17) is 10.5 Å². The number of aryl methyl sites for hydroxylation is 1. The Bertz CT molecular complexity index is 767. The molecule has 22 heavy (non-hydrogen) atoms. The van der Waals surface area contributed by atoms with Crippen molar-refractivity contribution in [2.24, 2.45) is 0 Å². The standard InChI is InChI=1S/C16H14FN3OS/c1-11-14-12(17)5-2-6-13(14)22-15(11)16(21)20(9-3-7-18)10-4-8-19/h2,5-6H,3-4,9-10H2,1H3. The number of thiophene rings is 1. The molecule has 0 unspecified atom stereocenters. The second-order valence-corrected chi connectivity index (χ2v) is 5.83. The fourth-order valence-corrected chi connectivity index (χ4v) is 3.48. The molecule has 0 radical (unpaired) electrons. The van der Waals surface area contributed by atoms with Crippen LogP contribution < -0.4 is 0 Å². The summed E-state index contributed by atoms with van der Waals surface area (Å²) in [5, 5.41) is 17.9. The summed E-state index contributed by atoms with van der Waals surface area (Å²) in [7, 11) is 0. The number of amides is 1. The lowest BCUT2D eigenvalue weighted by Gasteiger charge is -2.19. The molecule has 2 aromatic rings. The number of hydrogen-bond donors (Lipinski definition) is 0. The predicted molar refractivity (Wildman–Crippen MR) is 82.9 cm³/mol. The summed E-state index contributed by atoms with van der Waals surface area (Å²) in [4.78, 5) is 14.6. The van der Waals surface area contributed by atoms with Gasteiger partial charge in [-0.25, -0.2) is 4.39 Å². The van der Waals surface area contributed by atoms with Crippen LogP contribution in [0, 0.1) is 35.4 Å². The van der Waals surface area contributed by atoms with E-state index in [0.29, 0.717) is 15.8 Å². The molecule has 0 N–H and O–H groups in total. The highest BCUT2D eigenvalue weighted by atomic mass is 32.1. The molecule has 0 bridgehead atoms. The second kappa shape index (κ2) is 7.02. The Morgan fingerprint density at radius 1 is 1.27 bits per heavy atom. The molecule has 112 valence electrons. The third kappa shape index (κ3) is 3.08. The zero-order chi connectivity index (χ0) is 16.1. The number of carbonyl (C=O) groups excluding carboxylic acids is 1. The summed E-state index contributed by atoms with van der Waals surface area (Å²) in [5.41, 5.74) is 0.613. The Hall–Kier alpha value is -2.44. The van der Waals surface area contributed by atoms with E-state index in [-0.39, 0.29) is 37.7 Å². The molecule has 0 aliphatic carbocycles. The topological polar surface area (TPSA) is 67.9 Å². The third-order valence-electron chi connectivity index (χ3n) is 3.37. The minimum atomic E-state index is -0.342. The molecule has 1 aromatic carbocycles. The van der Waals surface area contributed by atoms with Gasteiger partial charge in [0.1, 0.15) is 5.82 Å². The van der Waals surface area contributed by atoms with E-state index >= 15 is 0 Å². The summed E-state index contributed by atoms with van der Waals surface area (Å²) in [5.74, 6) is -0.588. The highest BCUT2D eigenvalue weighted by Gasteiger charge is 2.22. The van der Waals surface area contributed by atoms with Crippen molar-refractivity contribution >= 4 is 27.3 Å². The number of hydrogen-bond acceptors (Lipinski definition) is 4. The van der Waals surface area contributed by atoms with Crippen LogP contribution in [-0.4, -0.2) is 23.9 Å². The maximum atomic E-state index is 13.9. The highest BCUT2D eigenvalue weighted by Crippen LogP contribution is 2.33. The van der Waals surface area contributed by atoms with Crippen LogP contribution in [0.1, 0.15) is 28.1 Å². The normalized spacial score (nSPS) is 10.2. The highest BCUT2D eigenvalue weighted by molar-refractivity contribution is 7.21.